The smallest absolute Gasteiger partial charge is 0.363 e. The van der Waals surface area contributed by atoms with Crippen molar-refractivity contribution in [3.63, 3.8) is 0 Å². The fraction of sp³-hybridized carbons (Fsp3) is 0.357. The van der Waals surface area contributed by atoms with Crippen molar-refractivity contribution in [2.75, 3.05) is 5.73 Å². The Kier molecular flexibility index (Phi) is 4.02. The van der Waals surface area contributed by atoms with E-state index < -0.39 is 5.97 Å². The number of ether oxygens (including phenoxy) is 1. The first-order valence-electron chi connectivity index (χ1n) is 6.43. The van der Waals surface area contributed by atoms with Crippen molar-refractivity contribution in [1.82, 2.24) is 15.0 Å². The van der Waals surface area contributed by atoms with Gasteiger partial charge >= 0.3 is 5.97 Å². The van der Waals surface area contributed by atoms with E-state index in [9.17, 15) is 4.79 Å². The summed E-state index contributed by atoms with van der Waals surface area (Å²) in [4.78, 5) is 11.8. The molecule has 0 aliphatic rings. The molecule has 106 valence electrons. The average Bonchev–Trinajstić information content (AvgIpc) is 2.73. The lowest BCUT2D eigenvalue weighted by Crippen LogP contribution is -2.14. The zero-order valence-corrected chi connectivity index (χ0v) is 11.8. The van der Waals surface area contributed by atoms with Gasteiger partial charge in [0.15, 0.2) is 5.82 Å². The van der Waals surface area contributed by atoms with Crippen molar-refractivity contribution in [3.05, 3.63) is 41.1 Å². The lowest BCUT2D eigenvalue weighted by molar-refractivity contribution is 0.0372. The highest BCUT2D eigenvalue weighted by atomic mass is 16.5. The molecule has 0 aliphatic heterocycles. The van der Waals surface area contributed by atoms with Gasteiger partial charge in [-0.3, -0.25) is 0 Å². The summed E-state index contributed by atoms with van der Waals surface area (Å²) >= 11 is 0. The van der Waals surface area contributed by atoms with Crippen LogP contribution in [0.25, 0.3) is 0 Å². The highest BCUT2D eigenvalue weighted by molar-refractivity contribution is 5.91. The van der Waals surface area contributed by atoms with Gasteiger partial charge in [-0.2, -0.15) is 0 Å². The van der Waals surface area contributed by atoms with Crippen LogP contribution in [0.3, 0.4) is 0 Å². The number of aryl methyl sites for hydroxylation is 1. The highest BCUT2D eigenvalue weighted by Crippen LogP contribution is 2.14. The van der Waals surface area contributed by atoms with Crippen LogP contribution in [0.5, 0.6) is 0 Å². The second-order valence-corrected chi connectivity index (χ2v) is 4.86. The summed E-state index contributed by atoms with van der Waals surface area (Å²) in [5, 5.41) is 7.73. The maximum absolute atomic E-state index is 11.8. The molecular formula is C14H18N4O2. The van der Waals surface area contributed by atoms with Crippen LogP contribution in [-0.2, 0) is 11.3 Å². The lowest BCUT2D eigenvalue weighted by atomic mass is 10.1. The van der Waals surface area contributed by atoms with Crippen LogP contribution >= 0.6 is 0 Å². The number of anilines is 1. The summed E-state index contributed by atoms with van der Waals surface area (Å²) in [5.41, 5.74) is 8.19. The quantitative estimate of drug-likeness (QED) is 0.859. The molecule has 0 atom stereocenters. The largest absolute Gasteiger partial charge is 0.458 e. The number of nitrogens with two attached hydrogens (primary N) is 1. The van der Waals surface area contributed by atoms with Gasteiger partial charge in [-0.1, -0.05) is 29.5 Å². The van der Waals surface area contributed by atoms with Crippen LogP contribution in [0.1, 0.15) is 35.5 Å². The Balaban J connectivity index is 2.21. The van der Waals surface area contributed by atoms with Gasteiger partial charge in [0.1, 0.15) is 0 Å². The van der Waals surface area contributed by atoms with Gasteiger partial charge in [-0.15, -0.1) is 5.10 Å². The van der Waals surface area contributed by atoms with E-state index in [4.69, 9.17) is 10.5 Å². The Bertz CT molecular complexity index is 619. The number of hydrogen-bond acceptors (Lipinski definition) is 5. The van der Waals surface area contributed by atoms with E-state index in [0.717, 1.165) is 11.1 Å². The molecule has 0 spiro atoms. The second-order valence-electron chi connectivity index (χ2n) is 4.86. The van der Waals surface area contributed by atoms with Crippen molar-refractivity contribution in [2.45, 2.75) is 33.4 Å². The molecule has 6 heteroatoms. The van der Waals surface area contributed by atoms with E-state index in [0.29, 0.717) is 6.54 Å². The van der Waals surface area contributed by atoms with Crippen LogP contribution in [0.15, 0.2) is 24.3 Å². The Morgan fingerprint density at radius 3 is 2.75 bits per heavy atom. The summed E-state index contributed by atoms with van der Waals surface area (Å²) < 4.78 is 6.57. The minimum atomic E-state index is -0.548. The molecule has 0 amide bonds. The van der Waals surface area contributed by atoms with Gasteiger partial charge in [0, 0.05) is 0 Å². The van der Waals surface area contributed by atoms with E-state index in [1.807, 2.05) is 31.2 Å². The third kappa shape index (κ3) is 2.96. The van der Waals surface area contributed by atoms with E-state index in [1.165, 1.54) is 4.68 Å². The minimum absolute atomic E-state index is 0.0623. The van der Waals surface area contributed by atoms with Crippen molar-refractivity contribution in [3.8, 4) is 0 Å². The third-order valence-corrected chi connectivity index (χ3v) is 2.89. The van der Waals surface area contributed by atoms with Gasteiger partial charge < -0.3 is 10.5 Å². The Morgan fingerprint density at radius 2 is 2.10 bits per heavy atom. The maximum Gasteiger partial charge on any atom is 0.363 e. The van der Waals surface area contributed by atoms with Crippen molar-refractivity contribution in [1.29, 1.82) is 0 Å². The number of hydrogen-bond donors (Lipinski definition) is 1. The summed E-state index contributed by atoms with van der Waals surface area (Å²) in [5.74, 6) is -0.326. The number of nitrogens with zero attached hydrogens (tertiary/aromatic N) is 3. The zero-order valence-electron chi connectivity index (χ0n) is 11.8. The molecule has 0 bridgehead atoms. The molecule has 2 aromatic rings. The number of rotatable bonds is 4. The maximum atomic E-state index is 11.8. The molecule has 0 saturated carbocycles. The lowest BCUT2D eigenvalue weighted by Gasteiger charge is -2.08. The monoisotopic (exact) mass is 274 g/mol. The number of carbonyl (C=O) groups excluding carboxylic acids is 1. The molecule has 0 aliphatic carbocycles. The third-order valence-electron chi connectivity index (χ3n) is 2.89. The van der Waals surface area contributed by atoms with E-state index in [1.54, 1.807) is 13.8 Å². The molecule has 0 fully saturated rings. The fourth-order valence-electron chi connectivity index (χ4n) is 1.80. The number of nitrogen functional groups attached to an aromatic ring is 1. The van der Waals surface area contributed by atoms with E-state index in [2.05, 4.69) is 10.3 Å². The average molecular weight is 274 g/mol. The molecule has 0 radical (unpaired) electrons. The Hall–Kier alpha value is -2.37. The molecule has 0 saturated heterocycles. The molecule has 2 rings (SSSR count). The number of carbonyl (C=O) groups is 1. The Labute approximate surface area is 117 Å². The van der Waals surface area contributed by atoms with Crippen LogP contribution in [0.2, 0.25) is 0 Å². The van der Waals surface area contributed by atoms with E-state index >= 15 is 0 Å². The van der Waals surface area contributed by atoms with Crippen molar-refractivity contribution >= 4 is 11.8 Å². The van der Waals surface area contributed by atoms with E-state index in [-0.39, 0.29) is 17.6 Å². The van der Waals surface area contributed by atoms with Crippen molar-refractivity contribution < 1.29 is 9.53 Å². The number of esters is 1. The van der Waals surface area contributed by atoms with Crippen LogP contribution in [0.4, 0.5) is 5.82 Å². The van der Waals surface area contributed by atoms with Crippen molar-refractivity contribution in [2.24, 2.45) is 0 Å². The van der Waals surface area contributed by atoms with Crippen LogP contribution < -0.4 is 5.73 Å². The molecule has 1 aromatic heterocycles. The fourth-order valence-corrected chi connectivity index (χ4v) is 1.80. The minimum Gasteiger partial charge on any atom is -0.458 e. The normalized spacial score (nSPS) is 10.8. The van der Waals surface area contributed by atoms with Crippen LogP contribution in [-0.4, -0.2) is 27.1 Å². The molecular weight excluding hydrogens is 256 g/mol. The van der Waals surface area contributed by atoms with Gasteiger partial charge in [-0.25, -0.2) is 9.48 Å². The summed E-state index contributed by atoms with van der Waals surface area (Å²) in [7, 11) is 0. The molecule has 2 N–H and O–H groups in total. The first kappa shape index (κ1) is 14.0. The van der Waals surface area contributed by atoms with Crippen LogP contribution in [0, 0.1) is 6.92 Å². The summed E-state index contributed by atoms with van der Waals surface area (Å²) in [6, 6.07) is 7.91. The predicted molar refractivity (Wildman–Crippen MR) is 75.3 cm³/mol. The number of benzene rings is 1. The van der Waals surface area contributed by atoms with Gasteiger partial charge in [0.2, 0.25) is 5.69 Å². The summed E-state index contributed by atoms with van der Waals surface area (Å²) in [6.45, 7) is 6.02. The topological polar surface area (TPSA) is 83.0 Å². The van der Waals surface area contributed by atoms with Gasteiger partial charge in [0.05, 0.1) is 12.6 Å². The molecule has 1 aromatic carbocycles. The first-order valence-corrected chi connectivity index (χ1v) is 6.43. The Morgan fingerprint density at radius 1 is 1.40 bits per heavy atom. The molecule has 20 heavy (non-hydrogen) atoms. The number of aromatic nitrogens is 3. The zero-order chi connectivity index (χ0) is 14.7. The molecule has 0 unspecified atom stereocenters. The first-order chi connectivity index (χ1) is 9.49. The predicted octanol–water partition coefficient (Wildman–Crippen LogP) is 1.78. The van der Waals surface area contributed by atoms with Gasteiger partial charge in [0.25, 0.3) is 0 Å². The molecule has 1 heterocycles. The summed E-state index contributed by atoms with van der Waals surface area (Å²) in [6.07, 6.45) is -0.219. The highest BCUT2D eigenvalue weighted by Gasteiger charge is 2.20. The standard InChI is InChI=1S/C14H18N4O2/c1-9(2)20-14(19)12-13(15)18(17-16-12)8-11-7-5-4-6-10(11)3/h4-7,9H,8,15H2,1-3H3. The SMILES string of the molecule is Cc1ccccc1Cn1nnc(C(=O)OC(C)C)c1N. The van der Waals surface area contributed by atoms with Gasteiger partial charge in [-0.05, 0) is 31.9 Å². The second kappa shape index (κ2) is 5.73. The molecule has 6 nitrogen and oxygen atoms in total.